The number of nitrogens with zero attached hydrogens (tertiary/aromatic N) is 1. The standard InChI is InChI=1S/C21H33FN4O/c1-26(21(27)15-18-10-6-11-23-18)12-4-2-3-9-19-14-20(25-24-19)16-7-5-8-17(22)13-16/h5,7-8,13,18-20,23-25H,2-4,6,9-12,14-15H2,1H3. The van der Waals surface area contributed by atoms with Gasteiger partial charge in [-0.05, 0) is 56.3 Å². The lowest BCUT2D eigenvalue weighted by Gasteiger charge is -2.19. The number of benzene rings is 1. The maximum Gasteiger partial charge on any atom is 0.223 e. The number of nitrogens with one attached hydrogen (secondary N) is 3. The molecule has 0 aliphatic carbocycles. The van der Waals surface area contributed by atoms with Gasteiger partial charge in [0, 0.05) is 38.1 Å². The third kappa shape index (κ3) is 6.26. The molecule has 2 saturated heterocycles. The molecule has 3 unspecified atom stereocenters. The molecular formula is C21H33FN4O. The second-order valence-corrected chi connectivity index (χ2v) is 7.99. The van der Waals surface area contributed by atoms with E-state index < -0.39 is 0 Å². The highest BCUT2D eigenvalue weighted by molar-refractivity contribution is 5.76. The topological polar surface area (TPSA) is 56.4 Å². The molecule has 150 valence electrons. The Balaban J connectivity index is 1.26. The molecule has 27 heavy (non-hydrogen) atoms. The Kier molecular flexibility index (Phi) is 7.61. The molecule has 0 radical (unpaired) electrons. The fourth-order valence-corrected chi connectivity index (χ4v) is 4.09. The van der Waals surface area contributed by atoms with E-state index in [-0.39, 0.29) is 17.8 Å². The van der Waals surface area contributed by atoms with Gasteiger partial charge in [-0.15, -0.1) is 0 Å². The van der Waals surface area contributed by atoms with Gasteiger partial charge in [0.2, 0.25) is 5.91 Å². The Morgan fingerprint density at radius 3 is 2.89 bits per heavy atom. The molecule has 0 aromatic heterocycles. The van der Waals surface area contributed by atoms with E-state index in [1.165, 1.54) is 12.5 Å². The highest BCUT2D eigenvalue weighted by Crippen LogP contribution is 2.25. The first-order valence-electron chi connectivity index (χ1n) is 10.4. The summed E-state index contributed by atoms with van der Waals surface area (Å²) in [7, 11) is 1.92. The third-order valence-corrected chi connectivity index (χ3v) is 5.79. The van der Waals surface area contributed by atoms with Crippen molar-refractivity contribution in [3.05, 3.63) is 35.6 Å². The SMILES string of the molecule is CN(CCCCCC1CC(c2cccc(F)c2)NN1)C(=O)CC1CCCN1. The van der Waals surface area contributed by atoms with Gasteiger partial charge in [0.15, 0.2) is 0 Å². The van der Waals surface area contributed by atoms with Gasteiger partial charge in [0.25, 0.3) is 0 Å². The zero-order valence-electron chi connectivity index (χ0n) is 16.3. The van der Waals surface area contributed by atoms with Gasteiger partial charge in [-0.1, -0.05) is 25.0 Å². The summed E-state index contributed by atoms with van der Waals surface area (Å²) in [6, 6.07) is 7.81. The van der Waals surface area contributed by atoms with Crippen molar-refractivity contribution in [2.24, 2.45) is 0 Å². The van der Waals surface area contributed by atoms with E-state index in [1.54, 1.807) is 12.1 Å². The first-order chi connectivity index (χ1) is 13.1. The molecule has 2 heterocycles. The predicted molar refractivity (Wildman–Crippen MR) is 106 cm³/mol. The molecule has 3 N–H and O–H groups in total. The lowest BCUT2D eigenvalue weighted by molar-refractivity contribution is -0.130. The fraction of sp³-hybridized carbons (Fsp3) is 0.667. The maximum absolute atomic E-state index is 13.4. The van der Waals surface area contributed by atoms with Gasteiger partial charge in [0.05, 0.1) is 0 Å². The number of halogens is 1. The molecule has 3 atom stereocenters. The molecule has 5 nitrogen and oxygen atoms in total. The van der Waals surface area contributed by atoms with Crippen molar-refractivity contribution >= 4 is 5.91 Å². The van der Waals surface area contributed by atoms with Crippen LogP contribution in [0.4, 0.5) is 4.39 Å². The molecule has 3 rings (SSSR count). The third-order valence-electron chi connectivity index (χ3n) is 5.79. The van der Waals surface area contributed by atoms with Gasteiger partial charge in [-0.2, -0.15) is 0 Å². The first-order valence-corrected chi connectivity index (χ1v) is 10.4. The van der Waals surface area contributed by atoms with Crippen LogP contribution in [-0.2, 0) is 4.79 Å². The molecule has 0 saturated carbocycles. The van der Waals surface area contributed by atoms with Crippen molar-refractivity contribution in [1.29, 1.82) is 0 Å². The Hall–Kier alpha value is -1.50. The Morgan fingerprint density at radius 2 is 2.11 bits per heavy atom. The van der Waals surface area contributed by atoms with Crippen LogP contribution in [0.5, 0.6) is 0 Å². The number of carbonyl (C=O) groups is 1. The molecule has 1 aromatic rings. The zero-order valence-corrected chi connectivity index (χ0v) is 16.3. The second-order valence-electron chi connectivity index (χ2n) is 7.99. The van der Waals surface area contributed by atoms with Gasteiger partial charge in [-0.3, -0.25) is 15.6 Å². The van der Waals surface area contributed by atoms with Crippen molar-refractivity contribution in [3.8, 4) is 0 Å². The summed E-state index contributed by atoms with van der Waals surface area (Å²) in [5.41, 5.74) is 7.62. The van der Waals surface area contributed by atoms with Crippen LogP contribution in [-0.4, -0.2) is 43.0 Å². The molecular weight excluding hydrogens is 343 g/mol. The van der Waals surface area contributed by atoms with Crippen molar-refractivity contribution in [1.82, 2.24) is 21.1 Å². The highest BCUT2D eigenvalue weighted by Gasteiger charge is 2.24. The Bertz CT molecular complexity index is 606. The molecule has 2 fully saturated rings. The van der Waals surface area contributed by atoms with E-state index in [2.05, 4.69) is 16.2 Å². The van der Waals surface area contributed by atoms with E-state index in [1.807, 2.05) is 18.0 Å². The molecule has 1 amide bonds. The van der Waals surface area contributed by atoms with E-state index in [0.29, 0.717) is 18.5 Å². The van der Waals surface area contributed by atoms with Crippen LogP contribution in [0.15, 0.2) is 24.3 Å². The number of amides is 1. The van der Waals surface area contributed by atoms with Crippen molar-refractivity contribution in [2.75, 3.05) is 20.1 Å². The Labute approximate surface area is 162 Å². The number of carbonyl (C=O) groups excluding carboxylic acids is 1. The molecule has 6 heteroatoms. The number of hydrazine groups is 1. The monoisotopic (exact) mass is 376 g/mol. The molecule has 2 aliphatic heterocycles. The normalized spacial score (nSPS) is 25.0. The fourth-order valence-electron chi connectivity index (χ4n) is 4.09. The zero-order chi connectivity index (χ0) is 19.1. The summed E-state index contributed by atoms with van der Waals surface area (Å²) >= 11 is 0. The van der Waals surface area contributed by atoms with E-state index >= 15 is 0 Å². The minimum absolute atomic E-state index is 0.179. The molecule has 0 spiro atoms. The van der Waals surface area contributed by atoms with Gasteiger partial charge in [0.1, 0.15) is 5.82 Å². The lowest BCUT2D eigenvalue weighted by Crippen LogP contribution is -2.34. The molecule has 0 bridgehead atoms. The molecule has 2 aliphatic rings. The van der Waals surface area contributed by atoms with Crippen LogP contribution < -0.4 is 16.2 Å². The van der Waals surface area contributed by atoms with Crippen LogP contribution in [0, 0.1) is 5.82 Å². The minimum Gasteiger partial charge on any atom is -0.346 e. The summed E-state index contributed by atoms with van der Waals surface area (Å²) in [6.45, 7) is 1.89. The van der Waals surface area contributed by atoms with Crippen LogP contribution in [0.1, 0.15) is 63.0 Å². The highest BCUT2D eigenvalue weighted by atomic mass is 19.1. The van der Waals surface area contributed by atoms with E-state index in [0.717, 1.165) is 57.2 Å². The Morgan fingerprint density at radius 1 is 1.22 bits per heavy atom. The summed E-state index contributed by atoms with van der Waals surface area (Å²) in [6.07, 6.45) is 8.34. The van der Waals surface area contributed by atoms with Crippen LogP contribution in [0.3, 0.4) is 0 Å². The predicted octanol–water partition coefficient (Wildman–Crippen LogP) is 2.89. The smallest absolute Gasteiger partial charge is 0.223 e. The number of unbranched alkanes of at least 4 members (excludes halogenated alkanes) is 2. The number of rotatable bonds is 9. The van der Waals surface area contributed by atoms with Crippen molar-refractivity contribution in [2.45, 2.75) is 69.5 Å². The van der Waals surface area contributed by atoms with Crippen LogP contribution in [0.2, 0.25) is 0 Å². The van der Waals surface area contributed by atoms with Gasteiger partial charge < -0.3 is 10.2 Å². The van der Waals surface area contributed by atoms with Gasteiger partial charge in [-0.25, -0.2) is 4.39 Å². The summed E-state index contributed by atoms with van der Waals surface area (Å²) in [4.78, 5) is 14.1. The molecule has 1 aromatic carbocycles. The van der Waals surface area contributed by atoms with Gasteiger partial charge >= 0.3 is 0 Å². The van der Waals surface area contributed by atoms with Crippen molar-refractivity contribution in [3.63, 3.8) is 0 Å². The minimum atomic E-state index is -0.180. The second kappa shape index (κ2) is 10.2. The van der Waals surface area contributed by atoms with E-state index in [4.69, 9.17) is 0 Å². The summed E-state index contributed by atoms with van der Waals surface area (Å²) < 4.78 is 13.4. The number of hydrogen-bond acceptors (Lipinski definition) is 4. The number of hydrogen-bond donors (Lipinski definition) is 3. The average Bonchev–Trinajstić information content (AvgIpc) is 3.33. The average molecular weight is 377 g/mol. The summed E-state index contributed by atoms with van der Waals surface area (Å²) in [5.74, 6) is 0.0779. The van der Waals surface area contributed by atoms with Crippen LogP contribution in [0.25, 0.3) is 0 Å². The van der Waals surface area contributed by atoms with Crippen molar-refractivity contribution < 1.29 is 9.18 Å². The van der Waals surface area contributed by atoms with Crippen LogP contribution >= 0.6 is 0 Å². The first kappa shape index (κ1) is 20.2. The lowest BCUT2D eigenvalue weighted by atomic mass is 9.99. The quantitative estimate of drug-likeness (QED) is 0.580. The van der Waals surface area contributed by atoms with E-state index in [9.17, 15) is 9.18 Å². The summed E-state index contributed by atoms with van der Waals surface area (Å²) in [5, 5.41) is 3.39. The maximum atomic E-state index is 13.4. The largest absolute Gasteiger partial charge is 0.346 e.